The van der Waals surface area contributed by atoms with Crippen LogP contribution in [0, 0.1) is 5.92 Å². The number of carbonyl (C=O) groups excluding carboxylic acids is 1. The maximum Gasteiger partial charge on any atom is 0.573 e. The number of benzene rings is 2. The summed E-state index contributed by atoms with van der Waals surface area (Å²) in [6, 6.07) is 9.07. The largest absolute Gasteiger partial charge is 0.573 e. The average Bonchev–Trinajstić information content (AvgIpc) is 3.31. The molecule has 1 N–H and O–H groups in total. The highest BCUT2D eigenvalue weighted by Gasteiger charge is 2.73. The minimum atomic E-state index is -4.81. The Balaban J connectivity index is 1.37. The molecule has 2 aliphatic heterocycles. The lowest BCUT2D eigenvalue weighted by Gasteiger charge is -2.64. The van der Waals surface area contributed by atoms with E-state index in [1.165, 1.54) is 30.4 Å². The molecule has 236 valence electrons. The number of hydrogen-bond acceptors (Lipinski definition) is 6. The maximum absolute atomic E-state index is 14.0. The van der Waals surface area contributed by atoms with E-state index in [1.54, 1.807) is 13.2 Å². The van der Waals surface area contributed by atoms with Crippen molar-refractivity contribution in [3.05, 3.63) is 71.8 Å². The summed E-state index contributed by atoms with van der Waals surface area (Å²) in [5.74, 6) is 0.786. The van der Waals surface area contributed by atoms with E-state index in [-0.39, 0.29) is 29.7 Å². The third kappa shape index (κ3) is 4.86. The van der Waals surface area contributed by atoms with Crippen LogP contribution in [-0.2, 0) is 16.6 Å². The molecule has 2 aromatic rings. The van der Waals surface area contributed by atoms with Gasteiger partial charge in [0.25, 0.3) is 0 Å². The molecular weight excluding hydrogens is 573 g/mol. The first-order valence-corrected chi connectivity index (χ1v) is 15.2. The van der Waals surface area contributed by atoms with Gasteiger partial charge in [-0.05, 0) is 73.5 Å². The Morgan fingerprint density at radius 1 is 1.27 bits per heavy atom. The molecule has 0 aromatic heterocycles. The summed E-state index contributed by atoms with van der Waals surface area (Å²) in [6.45, 7) is 9.91. The number of nitrogens with zero attached hydrogens (tertiary/aromatic N) is 2. The fourth-order valence-electron chi connectivity index (χ4n) is 8.32. The zero-order valence-corrected chi connectivity index (χ0v) is 25.3. The molecular formula is C34H39F3N2O5. The normalized spacial score (nSPS) is 28.9. The zero-order chi connectivity index (χ0) is 31.4. The van der Waals surface area contributed by atoms with E-state index in [1.807, 2.05) is 30.9 Å². The van der Waals surface area contributed by atoms with Gasteiger partial charge in [-0.25, -0.2) is 0 Å². The highest BCUT2D eigenvalue weighted by molar-refractivity contribution is 5.92. The van der Waals surface area contributed by atoms with E-state index < -0.39 is 23.5 Å². The number of likely N-dealkylation sites (tertiary alicyclic amines) is 1. The van der Waals surface area contributed by atoms with E-state index in [2.05, 4.69) is 22.3 Å². The minimum absolute atomic E-state index is 0.117. The molecule has 2 bridgehead atoms. The summed E-state index contributed by atoms with van der Waals surface area (Å²) < 4.78 is 54.9. The van der Waals surface area contributed by atoms with Gasteiger partial charge >= 0.3 is 6.36 Å². The van der Waals surface area contributed by atoms with Crippen LogP contribution in [0.5, 0.6) is 17.2 Å². The van der Waals surface area contributed by atoms with Crippen molar-refractivity contribution in [1.29, 1.82) is 0 Å². The van der Waals surface area contributed by atoms with Gasteiger partial charge in [-0.3, -0.25) is 9.69 Å². The number of amides is 1. The number of methoxy groups -OCH3 is 1. The van der Waals surface area contributed by atoms with Crippen LogP contribution < -0.4 is 14.2 Å². The van der Waals surface area contributed by atoms with E-state index in [0.29, 0.717) is 55.8 Å². The Bertz CT molecular complexity index is 1480. The number of ether oxygens (including phenoxy) is 3. The van der Waals surface area contributed by atoms with E-state index in [4.69, 9.17) is 9.47 Å². The van der Waals surface area contributed by atoms with Gasteiger partial charge in [0, 0.05) is 30.8 Å². The average molecular weight is 613 g/mol. The van der Waals surface area contributed by atoms with Gasteiger partial charge < -0.3 is 24.2 Å². The molecule has 1 saturated carbocycles. The number of hydrogen-bond donors (Lipinski definition) is 1. The summed E-state index contributed by atoms with van der Waals surface area (Å²) in [5.41, 5.74) is 0.761. The Kier molecular flexibility index (Phi) is 7.73. The summed E-state index contributed by atoms with van der Waals surface area (Å²) >= 11 is 0. The molecule has 1 saturated heterocycles. The van der Waals surface area contributed by atoms with Gasteiger partial charge in [-0.1, -0.05) is 38.1 Å². The quantitative estimate of drug-likeness (QED) is 0.298. The third-order valence-corrected chi connectivity index (χ3v) is 9.87. The van der Waals surface area contributed by atoms with Crippen molar-refractivity contribution in [2.24, 2.45) is 5.92 Å². The SMILES string of the molecule is C=CCN1CC[C@]23c4c5ccc(OC)c4O[C@H]2[C@H](N(CC(C)C)C(=O)C=Cc2cccc(OC(F)(F)F)c2)CC[C@@]3(O)[C@H]1C5. The smallest absolute Gasteiger partial charge is 0.493 e. The van der Waals surface area contributed by atoms with Crippen LogP contribution in [-0.4, -0.2) is 77.7 Å². The molecule has 44 heavy (non-hydrogen) atoms. The van der Waals surface area contributed by atoms with Crippen LogP contribution in [0.25, 0.3) is 6.08 Å². The lowest BCUT2D eigenvalue weighted by atomic mass is 9.48. The highest BCUT2D eigenvalue weighted by atomic mass is 19.4. The first-order chi connectivity index (χ1) is 20.9. The standard InChI is InChI=1S/C34H39F3N2O5/c1-5-16-38-17-15-32-29-23-10-11-26(42-4)30(29)43-31(32)25(13-14-33(32,41)27(38)19-23)39(20-21(2)3)28(40)12-9-22-7-6-8-24(18-22)44-34(35,36)37/h5-12,18,21,25,27,31,41H,1,13-17,19-20H2,2-4H3/t25-,27-,31+,32+,33-/m1/s1. The molecule has 0 radical (unpaired) electrons. The van der Waals surface area contributed by atoms with Gasteiger partial charge in [0.15, 0.2) is 11.5 Å². The second-order valence-electron chi connectivity index (χ2n) is 12.8. The minimum Gasteiger partial charge on any atom is -0.493 e. The van der Waals surface area contributed by atoms with Gasteiger partial charge in [0.05, 0.1) is 24.2 Å². The predicted octanol–water partition coefficient (Wildman–Crippen LogP) is 5.50. The third-order valence-electron chi connectivity index (χ3n) is 9.87. The lowest BCUT2D eigenvalue weighted by molar-refractivity contribution is -0.274. The second kappa shape index (κ2) is 11.1. The van der Waals surface area contributed by atoms with Crippen LogP contribution in [0.15, 0.2) is 55.1 Å². The van der Waals surface area contributed by atoms with Gasteiger partial charge in [-0.15, -0.1) is 19.8 Å². The number of aliphatic hydroxyl groups is 1. The predicted molar refractivity (Wildman–Crippen MR) is 160 cm³/mol. The van der Waals surface area contributed by atoms with Crippen molar-refractivity contribution in [2.75, 3.05) is 26.7 Å². The zero-order valence-electron chi connectivity index (χ0n) is 25.3. The second-order valence-corrected chi connectivity index (χ2v) is 12.8. The number of carbonyl (C=O) groups is 1. The Hall–Kier alpha value is -3.50. The van der Waals surface area contributed by atoms with Crippen LogP contribution in [0.4, 0.5) is 13.2 Å². The fourth-order valence-corrected chi connectivity index (χ4v) is 8.32. The van der Waals surface area contributed by atoms with Crippen molar-refractivity contribution < 1.29 is 37.3 Å². The molecule has 1 amide bonds. The van der Waals surface area contributed by atoms with Crippen LogP contribution in [0.3, 0.4) is 0 Å². The van der Waals surface area contributed by atoms with E-state index in [0.717, 1.165) is 17.7 Å². The molecule has 6 rings (SSSR count). The molecule has 4 aliphatic rings. The topological polar surface area (TPSA) is 71.5 Å². The Morgan fingerprint density at radius 3 is 2.77 bits per heavy atom. The number of alkyl halides is 3. The van der Waals surface area contributed by atoms with Gasteiger partial charge in [0.1, 0.15) is 11.9 Å². The summed E-state index contributed by atoms with van der Waals surface area (Å²) in [6.07, 6.45) is 1.86. The lowest BCUT2D eigenvalue weighted by Crippen LogP contribution is -2.78. The Morgan fingerprint density at radius 2 is 2.07 bits per heavy atom. The molecule has 7 nitrogen and oxygen atoms in total. The summed E-state index contributed by atoms with van der Waals surface area (Å²) in [4.78, 5) is 18.1. The number of piperidine rings is 1. The van der Waals surface area contributed by atoms with Crippen molar-refractivity contribution in [2.45, 2.75) is 75.1 Å². The molecule has 2 aliphatic carbocycles. The first kappa shape index (κ1) is 30.5. The number of rotatable bonds is 9. The number of halogens is 3. The molecule has 2 heterocycles. The molecule has 0 unspecified atom stereocenters. The van der Waals surface area contributed by atoms with E-state index in [9.17, 15) is 23.1 Å². The van der Waals surface area contributed by atoms with Gasteiger partial charge in [-0.2, -0.15) is 0 Å². The van der Waals surface area contributed by atoms with Crippen LogP contribution in [0.1, 0.15) is 49.8 Å². The van der Waals surface area contributed by atoms with Crippen LogP contribution in [0.2, 0.25) is 0 Å². The Labute approximate surface area is 255 Å². The fraction of sp³-hybridized carbons (Fsp3) is 0.500. The summed E-state index contributed by atoms with van der Waals surface area (Å²) in [7, 11) is 1.61. The van der Waals surface area contributed by atoms with Crippen molar-refractivity contribution >= 4 is 12.0 Å². The maximum atomic E-state index is 14.0. The molecule has 10 heteroatoms. The van der Waals surface area contributed by atoms with Crippen molar-refractivity contribution in [3.63, 3.8) is 0 Å². The first-order valence-electron chi connectivity index (χ1n) is 15.2. The molecule has 5 atom stereocenters. The van der Waals surface area contributed by atoms with Crippen molar-refractivity contribution in [3.8, 4) is 17.2 Å². The van der Waals surface area contributed by atoms with Crippen molar-refractivity contribution in [1.82, 2.24) is 9.80 Å². The molecule has 2 aromatic carbocycles. The molecule has 1 spiro atoms. The van der Waals surface area contributed by atoms with Gasteiger partial charge in [0.2, 0.25) is 5.91 Å². The van der Waals surface area contributed by atoms with E-state index >= 15 is 0 Å². The molecule has 2 fully saturated rings. The summed E-state index contributed by atoms with van der Waals surface area (Å²) in [5, 5.41) is 12.7. The highest BCUT2D eigenvalue weighted by Crippen LogP contribution is 2.66. The van der Waals surface area contributed by atoms with Crippen LogP contribution >= 0.6 is 0 Å². The monoisotopic (exact) mass is 612 g/mol.